The Hall–Kier alpha value is -1.55. The summed E-state index contributed by atoms with van der Waals surface area (Å²) in [7, 11) is 0. The maximum absolute atomic E-state index is 11.5. The molecule has 1 amide bonds. The van der Waals surface area contributed by atoms with Gasteiger partial charge in [-0.2, -0.15) is 0 Å². The van der Waals surface area contributed by atoms with Crippen LogP contribution in [0.3, 0.4) is 0 Å². The molecule has 0 saturated heterocycles. The lowest BCUT2D eigenvalue weighted by Crippen LogP contribution is -2.37. The van der Waals surface area contributed by atoms with Gasteiger partial charge in [0.2, 0.25) is 5.91 Å². The number of hydrogen-bond acceptors (Lipinski definition) is 3. The molecule has 0 spiro atoms. The second-order valence-corrected chi connectivity index (χ2v) is 4.62. The lowest BCUT2D eigenvalue weighted by atomic mass is 10.1. The van der Waals surface area contributed by atoms with E-state index in [0.29, 0.717) is 19.2 Å². The van der Waals surface area contributed by atoms with Gasteiger partial charge >= 0.3 is 0 Å². The van der Waals surface area contributed by atoms with Crippen molar-refractivity contribution in [3.63, 3.8) is 0 Å². The molecule has 3 rings (SSSR count). The van der Waals surface area contributed by atoms with Crippen molar-refractivity contribution in [2.24, 2.45) is 0 Å². The van der Waals surface area contributed by atoms with Gasteiger partial charge in [0.25, 0.3) is 0 Å². The smallest absolute Gasteiger partial charge is 0.234 e. The molecule has 0 bridgehead atoms. The van der Waals surface area contributed by atoms with Gasteiger partial charge in [-0.3, -0.25) is 10.1 Å². The SMILES string of the molecule is O=C(CNC1COc2ccccc21)NC1CC1. The van der Waals surface area contributed by atoms with Crippen molar-refractivity contribution in [3.8, 4) is 5.75 Å². The van der Waals surface area contributed by atoms with Crippen molar-refractivity contribution in [3.05, 3.63) is 29.8 Å². The molecule has 1 heterocycles. The minimum absolute atomic E-state index is 0.0804. The Balaban J connectivity index is 1.54. The van der Waals surface area contributed by atoms with Gasteiger partial charge in [0, 0.05) is 11.6 Å². The Labute approximate surface area is 100 Å². The van der Waals surface area contributed by atoms with Gasteiger partial charge < -0.3 is 10.1 Å². The molecule has 2 N–H and O–H groups in total. The van der Waals surface area contributed by atoms with Crippen LogP contribution in [0.15, 0.2) is 24.3 Å². The predicted octanol–water partition coefficient (Wildman–Crippen LogP) is 0.988. The molecule has 1 aromatic rings. The van der Waals surface area contributed by atoms with Crippen LogP contribution in [0.1, 0.15) is 24.4 Å². The summed E-state index contributed by atoms with van der Waals surface area (Å²) in [6.45, 7) is 0.967. The molecule has 0 aromatic heterocycles. The molecule has 4 heteroatoms. The first-order valence-corrected chi connectivity index (χ1v) is 6.07. The van der Waals surface area contributed by atoms with Crippen molar-refractivity contribution < 1.29 is 9.53 Å². The van der Waals surface area contributed by atoms with Crippen molar-refractivity contribution in [2.45, 2.75) is 24.9 Å². The van der Waals surface area contributed by atoms with Crippen LogP contribution in [0.5, 0.6) is 5.75 Å². The molecule has 2 aliphatic rings. The Morgan fingerprint density at radius 2 is 2.18 bits per heavy atom. The number of hydrogen-bond donors (Lipinski definition) is 2. The van der Waals surface area contributed by atoms with Crippen LogP contribution >= 0.6 is 0 Å². The van der Waals surface area contributed by atoms with Gasteiger partial charge in [-0.05, 0) is 18.9 Å². The third kappa shape index (κ3) is 2.42. The lowest BCUT2D eigenvalue weighted by Gasteiger charge is -2.11. The molecular weight excluding hydrogens is 216 g/mol. The van der Waals surface area contributed by atoms with Crippen LogP contribution in [-0.2, 0) is 4.79 Å². The maximum atomic E-state index is 11.5. The third-order valence-electron chi connectivity index (χ3n) is 3.15. The lowest BCUT2D eigenvalue weighted by molar-refractivity contribution is -0.120. The van der Waals surface area contributed by atoms with Crippen molar-refractivity contribution in [2.75, 3.05) is 13.2 Å². The van der Waals surface area contributed by atoms with E-state index in [0.717, 1.165) is 24.2 Å². The molecule has 1 atom stereocenters. The highest BCUT2D eigenvalue weighted by atomic mass is 16.5. The molecule has 1 aliphatic heterocycles. The van der Waals surface area contributed by atoms with E-state index in [1.807, 2.05) is 24.3 Å². The van der Waals surface area contributed by atoms with E-state index in [2.05, 4.69) is 10.6 Å². The minimum atomic E-state index is 0.0804. The number of benzene rings is 1. The van der Waals surface area contributed by atoms with E-state index >= 15 is 0 Å². The largest absolute Gasteiger partial charge is 0.491 e. The second kappa shape index (κ2) is 4.37. The quantitative estimate of drug-likeness (QED) is 0.814. The number of amides is 1. The summed E-state index contributed by atoms with van der Waals surface area (Å²) in [6, 6.07) is 8.51. The van der Waals surface area contributed by atoms with Crippen LogP contribution in [0.2, 0.25) is 0 Å². The number of nitrogens with one attached hydrogen (secondary N) is 2. The Morgan fingerprint density at radius 3 is 3.00 bits per heavy atom. The molecule has 17 heavy (non-hydrogen) atoms. The standard InChI is InChI=1S/C13H16N2O2/c16-13(15-9-5-6-9)7-14-11-8-17-12-4-2-1-3-10(11)12/h1-4,9,11,14H,5-8H2,(H,15,16). The van der Waals surface area contributed by atoms with Gasteiger partial charge in [-0.1, -0.05) is 18.2 Å². The van der Waals surface area contributed by atoms with Crippen LogP contribution in [0.4, 0.5) is 0 Å². The van der Waals surface area contributed by atoms with E-state index in [1.54, 1.807) is 0 Å². The number of carbonyl (C=O) groups excluding carboxylic acids is 1. The van der Waals surface area contributed by atoms with E-state index in [4.69, 9.17) is 4.74 Å². The number of fused-ring (bicyclic) bond motifs is 1. The Bertz CT molecular complexity index is 429. The van der Waals surface area contributed by atoms with E-state index in [1.165, 1.54) is 0 Å². The summed E-state index contributed by atoms with van der Waals surface area (Å²) in [5, 5.41) is 6.19. The van der Waals surface area contributed by atoms with Crippen LogP contribution in [0.25, 0.3) is 0 Å². The fourth-order valence-corrected chi connectivity index (χ4v) is 2.05. The topological polar surface area (TPSA) is 50.4 Å². The minimum Gasteiger partial charge on any atom is -0.491 e. The first kappa shape index (κ1) is 10.6. The Morgan fingerprint density at radius 1 is 1.35 bits per heavy atom. The highest BCUT2D eigenvalue weighted by Crippen LogP contribution is 2.31. The third-order valence-corrected chi connectivity index (χ3v) is 3.15. The molecular formula is C13H16N2O2. The summed E-state index contributed by atoms with van der Waals surface area (Å²) in [6.07, 6.45) is 2.25. The fourth-order valence-electron chi connectivity index (χ4n) is 2.05. The highest BCUT2D eigenvalue weighted by molar-refractivity contribution is 5.78. The van der Waals surface area contributed by atoms with Gasteiger partial charge in [0.1, 0.15) is 12.4 Å². The highest BCUT2D eigenvalue weighted by Gasteiger charge is 2.26. The molecule has 1 aliphatic carbocycles. The molecule has 4 nitrogen and oxygen atoms in total. The summed E-state index contributed by atoms with van der Waals surface area (Å²) in [4.78, 5) is 11.5. The van der Waals surface area contributed by atoms with Crippen LogP contribution < -0.4 is 15.4 Å². The van der Waals surface area contributed by atoms with Crippen molar-refractivity contribution in [1.82, 2.24) is 10.6 Å². The van der Waals surface area contributed by atoms with Crippen molar-refractivity contribution in [1.29, 1.82) is 0 Å². The van der Waals surface area contributed by atoms with E-state index in [9.17, 15) is 4.79 Å². The first-order chi connectivity index (χ1) is 8.33. The summed E-state index contributed by atoms with van der Waals surface area (Å²) >= 11 is 0. The number of para-hydroxylation sites is 1. The molecule has 1 fully saturated rings. The van der Waals surface area contributed by atoms with Gasteiger partial charge in [-0.25, -0.2) is 0 Å². The molecule has 0 radical (unpaired) electrons. The van der Waals surface area contributed by atoms with Crippen molar-refractivity contribution >= 4 is 5.91 Å². The van der Waals surface area contributed by atoms with Crippen LogP contribution in [0, 0.1) is 0 Å². The normalized spacial score (nSPS) is 21.8. The second-order valence-electron chi connectivity index (χ2n) is 4.62. The van der Waals surface area contributed by atoms with Crippen LogP contribution in [-0.4, -0.2) is 25.1 Å². The van der Waals surface area contributed by atoms with Gasteiger partial charge in [0.15, 0.2) is 0 Å². The maximum Gasteiger partial charge on any atom is 0.234 e. The van der Waals surface area contributed by atoms with Gasteiger partial charge in [-0.15, -0.1) is 0 Å². The predicted molar refractivity (Wildman–Crippen MR) is 63.8 cm³/mol. The zero-order valence-corrected chi connectivity index (χ0v) is 9.61. The molecule has 1 saturated carbocycles. The first-order valence-electron chi connectivity index (χ1n) is 6.07. The number of carbonyl (C=O) groups is 1. The van der Waals surface area contributed by atoms with Gasteiger partial charge in [0.05, 0.1) is 12.6 Å². The average Bonchev–Trinajstić information content (AvgIpc) is 3.06. The zero-order valence-electron chi connectivity index (χ0n) is 9.61. The molecule has 1 unspecified atom stereocenters. The molecule has 90 valence electrons. The molecule has 1 aromatic carbocycles. The Kier molecular flexibility index (Phi) is 2.73. The monoisotopic (exact) mass is 232 g/mol. The number of rotatable bonds is 4. The average molecular weight is 232 g/mol. The zero-order chi connectivity index (χ0) is 11.7. The van der Waals surface area contributed by atoms with E-state index < -0.39 is 0 Å². The fraction of sp³-hybridized carbons (Fsp3) is 0.462. The summed E-state index contributed by atoms with van der Waals surface area (Å²) in [5.74, 6) is 1.00. The summed E-state index contributed by atoms with van der Waals surface area (Å²) in [5.41, 5.74) is 1.15. The summed E-state index contributed by atoms with van der Waals surface area (Å²) < 4.78 is 5.54. The van der Waals surface area contributed by atoms with E-state index in [-0.39, 0.29) is 11.9 Å². The number of ether oxygens (including phenoxy) is 1.